The van der Waals surface area contributed by atoms with Gasteiger partial charge in [0.1, 0.15) is 11.3 Å². The maximum Gasteiger partial charge on any atom is 0.343 e. The molecule has 1 aromatic heterocycles. The highest BCUT2D eigenvalue weighted by Gasteiger charge is 2.27. The molecule has 0 saturated carbocycles. The van der Waals surface area contributed by atoms with Crippen molar-refractivity contribution in [2.75, 3.05) is 26.3 Å². The van der Waals surface area contributed by atoms with Crippen LogP contribution in [0.5, 0.6) is 5.75 Å². The summed E-state index contributed by atoms with van der Waals surface area (Å²) in [5, 5.41) is 40.0. The molecule has 14 nitrogen and oxygen atoms in total. The lowest BCUT2D eigenvalue weighted by Crippen LogP contribution is -2.35. The molecular formula is C35H28N4O10. The van der Waals surface area contributed by atoms with E-state index < -0.39 is 34.8 Å². The number of fused-ring (bicyclic) bond motifs is 1. The predicted molar refractivity (Wildman–Crippen MR) is 176 cm³/mol. The van der Waals surface area contributed by atoms with Crippen LogP contribution in [-0.2, 0) is 17.9 Å². The van der Waals surface area contributed by atoms with Gasteiger partial charge in [-0.25, -0.2) is 14.4 Å². The van der Waals surface area contributed by atoms with Gasteiger partial charge in [0, 0.05) is 37.2 Å². The third kappa shape index (κ3) is 7.41. The van der Waals surface area contributed by atoms with Crippen LogP contribution >= 0.6 is 0 Å². The van der Waals surface area contributed by atoms with E-state index in [9.17, 15) is 34.7 Å². The molecule has 1 fully saturated rings. The van der Waals surface area contributed by atoms with Gasteiger partial charge in [0.15, 0.2) is 0 Å². The number of carboxylic acid groups (broad SMARTS) is 1. The number of carboxylic acids is 1. The average Bonchev–Trinajstić information content (AvgIpc) is 3.10. The van der Waals surface area contributed by atoms with Crippen LogP contribution < -0.4 is 10.4 Å². The molecule has 1 saturated heterocycles. The van der Waals surface area contributed by atoms with Crippen LogP contribution in [0.2, 0.25) is 0 Å². The van der Waals surface area contributed by atoms with Gasteiger partial charge in [0.05, 0.1) is 58.4 Å². The van der Waals surface area contributed by atoms with Gasteiger partial charge in [-0.3, -0.25) is 15.0 Å². The number of nitro groups is 1. The first-order valence-electron chi connectivity index (χ1n) is 15.1. The predicted octanol–water partition coefficient (Wildman–Crippen LogP) is 6.03. The molecule has 0 amide bonds. The van der Waals surface area contributed by atoms with Crippen LogP contribution in [0.3, 0.4) is 0 Å². The minimum absolute atomic E-state index is 0.0135. The Hall–Kier alpha value is -6.09. The summed E-state index contributed by atoms with van der Waals surface area (Å²) < 4.78 is 16.3. The van der Waals surface area contributed by atoms with Crippen molar-refractivity contribution in [1.82, 2.24) is 4.90 Å². The molecule has 0 spiro atoms. The number of carbonyl (C=O) groups is 2. The van der Waals surface area contributed by atoms with E-state index in [0.717, 1.165) is 24.0 Å². The molecule has 5 aromatic rings. The first kappa shape index (κ1) is 32.8. The van der Waals surface area contributed by atoms with E-state index >= 15 is 0 Å². The fraction of sp³-hybridized carbons (Fsp3) is 0.171. The van der Waals surface area contributed by atoms with Crippen molar-refractivity contribution >= 4 is 40.0 Å². The zero-order chi connectivity index (χ0) is 34.5. The fourth-order valence-electron chi connectivity index (χ4n) is 5.49. The number of hydrogen-bond donors (Lipinski definition) is 2. The van der Waals surface area contributed by atoms with E-state index in [4.69, 9.17) is 13.9 Å². The van der Waals surface area contributed by atoms with Gasteiger partial charge < -0.3 is 24.1 Å². The highest BCUT2D eigenvalue weighted by atomic mass is 16.6. The summed E-state index contributed by atoms with van der Waals surface area (Å²) in [6.07, 6.45) is 0. The zero-order valence-corrected chi connectivity index (χ0v) is 25.8. The number of esters is 1. The van der Waals surface area contributed by atoms with Crippen LogP contribution in [-0.4, -0.2) is 58.3 Å². The summed E-state index contributed by atoms with van der Waals surface area (Å²) in [6.45, 7) is 2.73. The zero-order valence-electron chi connectivity index (χ0n) is 25.8. The molecule has 49 heavy (non-hydrogen) atoms. The Morgan fingerprint density at radius 1 is 0.898 bits per heavy atom. The summed E-state index contributed by atoms with van der Waals surface area (Å²) in [4.78, 5) is 50.2. The largest absolute Gasteiger partial charge is 0.478 e. The monoisotopic (exact) mass is 664 g/mol. The summed E-state index contributed by atoms with van der Waals surface area (Å²) in [5.74, 6) is -1.77. The lowest BCUT2D eigenvalue weighted by molar-refractivity contribution is -0.385. The molecule has 1 aliphatic heterocycles. The van der Waals surface area contributed by atoms with Crippen molar-refractivity contribution in [3.8, 4) is 16.9 Å². The van der Waals surface area contributed by atoms with Gasteiger partial charge in [-0.15, -0.1) is 0 Å². The lowest BCUT2D eigenvalue weighted by atomic mass is 9.94. The van der Waals surface area contributed by atoms with Crippen LogP contribution in [0.4, 0.5) is 17.1 Å². The Labute approximate surface area is 277 Å². The van der Waals surface area contributed by atoms with E-state index in [2.05, 4.69) is 15.1 Å². The summed E-state index contributed by atoms with van der Waals surface area (Å²) in [7, 11) is 0. The Kier molecular flexibility index (Phi) is 9.62. The van der Waals surface area contributed by atoms with Crippen molar-refractivity contribution in [2.45, 2.75) is 13.2 Å². The molecule has 4 aromatic carbocycles. The van der Waals surface area contributed by atoms with Gasteiger partial charge in [-0.05, 0) is 71.8 Å². The Morgan fingerprint density at radius 2 is 1.57 bits per heavy atom. The normalized spacial score (nSPS) is 13.5. The van der Waals surface area contributed by atoms with Crippen LogP contribution in [0, 0.1) is 10.1 Å². The van der Waals surface area contributed by atoms with E-state index in [1.54, 1.807) is 24.3 Å². The Bertz CT molecular complexity index is 2140. The number of nitro benzene ring substituents is 1. The van der Waals surface area contributed by atoms with Crippen molar-refractivity contribution in [2.24, 2.45) is 10.2 Å². The maximum absolute atomic E-state index is 12.9. The minimum Gasteiger partial charge on any atom is -0.478 e. The van der Waals surface area contributed by atoms with Gasteiger partial charge in [-0.2, -0.15) is 10.2 Å². The second-order valence-corrected chi connectivity index (χ2v) is 11.0. The number of rotatable bonds is 10. The minimum atomic E-state index is -1.35. The molecular weight excluding hydrogens is 636 g/mol. The molecule has 1 aliphatic rings. The van der Waals surface area contributed by atoms with Crippen LogP contribution in [0.1, 0.15) is 31.8 Å². The first-order chi connectivity index (χ1) is 23.7. The van der Waals surface area contributed by atoms with E-state index in [1.807, 2.05) is 0 Å². The van der Waals surface area contributed by atoms with Crippen LogP contribution in [0.25, 0.3) is 22.1 Å². The molecule has 0 aliphatic carbocycles. The Morgan fingerprint density at radius 3 is 2.20 bits per heavy atom. The van der Waals surface area contributed by atoms with Gasteiger partial charge >= 0.3 is 17.6 Å². The summed E-state index contributed by atoms with van der Waals surface area (Å²) >= 11 is 0. The number of aliphatic hydroxyl groups is 1. The molecule has 0 unspecified atom stereocenters. The SMILES string of the molecule is O=C(Oc1ccc2c(CN3CCOCC3)cc(=O)oc2c1)c1ccc(/N=N/c2ccc(-c3c(C(=O)O)ccc(CO)c3[N+](=O)[O-])cc2)cc1. The number of aliphatic hydroxyl groups excluding tert-OH is 1. The molecule has 0 radical (unpaired) electrons. The number of nitrogens with zero attached hydrogens (tertiary/aromatic N) is 4. The van der Waals surface area contributed by atoms with Gasteiger partial charge in [-0.1, -0.05) is 12.1 Å². The fourth-order valence-corrected chi connectivity index (χ4v) is 5.49. The topological polar surface area (TPSA) is 194 Å². The molecule has 2 N–H and O–H groups in total. The molecule has 2 heterocycles. The van der Waals surface area contributed by atoms with E-state index in [-0.39, 0.29) is 33.6 Å². The number of hydrogen-bond acceptors (Lipinski definition) is 12. The molecule has 14 heteroatoms. The maximum atomic E-state index is 12.9. The average molecular weight is 665 g/mol. The summed E-state index contributed by atoms with van der Waals surface area (Å²) in [5.41, 5.74) is 1.01. The highest BCUT2D eigenvalue weighted by molar-refractivity contribution is 5.99. The van der Waals surface area contributed by atoms with Crippen LogP contribution in [0.15, 0.2) is 104 Å². The lowest BCUT2D eigenvalue weighted by Gasteiger charge is -2.26. The third-order valence-corrected chi connectivity index (χ3v) is 7.89. The Balaban J connectivity index is 1.14. The summed E-state index contributed by atoms with van der Waals surface area (Å²) in [6, 6.07) is 21.0. The number of aromatic carboxylic acids is 1. The highest BCUT2D eigenvalue weighted by Crippen LogP contribution is 2.37. The molecule has 248 valence electrons. The van der Waals surface area contributed by atoms with Crippen molar-refractivity contribution in [3.05, 3.63) is 128 Å². The molecule has 0 atom stereocenters. The molecule has 0 bridgehead atoms. The first-order valence-corrected chi connectivity index (χ1v) is 15.1. The number of ether oxygens (including phenoxy) is 2. The van der Waals surface area contributed by atoms with Gasteiger partial charge in [0.25, 0.3) is 5.69 Å². The third-order valence-electron chi connectivity index (χ3n) is 7.89. The standard InChI is InChI=1S/C35H28N4O10/c40-20-23-5-11-29(34(42)43)32(33(23)39(45)46)21-1-6-25(7-2-21)36-37-26-8-3-22(4-9-26)35(44)48-27-10-12-28-24(17-31(41)49-30(28)18-27)19-38-13-15-47-16-14-38/h1-12,17-18,40H,13-16,19-20H2,(H,42,43)/b37-36+. The van der Waals surface area contributed by atoms with Crippen molar-refractivity contribution < 1.29 is 38.6 Å². The number of morpholine rings is 1. The number of carbonyl (C=O) groups excluding carboxylic acids is 1. The smallest absolute Gasteiger partial charge is 0.343 e. The molecule has 6 rings (SSSR count). The second-order valence-electron chi connectivity index (χ2n) is 11.0. The van der Waals surface area contributed by atoms with Crippen molar-refractivity contribution in [3.63, 3.8) is 0 Å². The number of benzene rings is 4. The second kappa shape index (κ2) is 14.4. The van der Waals surface area contributed by atoms with E-state index in [1.165, 1.54) is 60.7 Å². The number of azo groups is 1. The van der Waals surface area contributed by atoms with Crippen molar-refractivity contribution in [1.29, 1.82) is 0 Å². The van der Waals surface area contributed by atoms with E-state index in [0.29, 0.717) is 36.7 Å². The van der Waals surface area contributed by atoms with Gasteiger partial charge in [0.2, 0.25) is 0 Å². The quantitative estimate of drug-likeness (QED) is 0.0442.